The Morgan fingerprint density at radius 2 is 1.13 bits per heavy atom. The molecular weight excluding hydrogens is 611 g/mol. The molecular formula is C35H65O10P. The minimum absolute atomic E-state index is 0.144. The maximum atomic E-state index is 12.5. The zero-order chi connectivity index (χ0) is 34.1. The normalized spacial score (nSPS) is 14.5. The van der Waals surface area contributed by atoms with E-state index in [1.165, 1.54) is 64.2 Å². The van der Waals surface area contributed by atoms with Gasteiger partial charge in [0, 0.05) is 12.8 Å². The van der Waals surface area contributed by atoms with Gasteiger partial charge < -0.3 is 24.6 Å². The number of carbonyl (C=O) groups excluding carboxylic acids is 2. The highest BCUT2D eigenvalue weighted by molar-refractivity contribution is 7.47. The van der Waals surface area contributed by atoms with Crippen molar-refractivity contribution in [2.45, 2.75) is 161 Å². The van der Waals surface area contributed by atoms with E-state index in [0.717, 1.165) is 44.9 Å². The van der Waals surface area contributed by atoms with Crippen LogP contribution in [0.25, 0.3) is 0 Å². The highest BCUT2D eigenvalue weighted by Gasteiger charge is 2.27. The molecule has 0 amide bonds. The average Bonchev–Trinajstić information content (AvgIpc) is 3.04. The van der Waals surface area contributed by atoms with Crippen molar-refractivity contribution in [1.82, 2.24) is 0 Å². The van der Waals surface area contributed by atoms with E-state index in [-0.39, 0.29) is 19.4 Å². The molecule has 3 N–H and O–H groups in total. The van der Waals surface area contributed by atoms with Gasteiger partial charge in [0.05, 0.1) is 19.8 Å². The van der Waals surface area contributed by atoms with Crippen LogP contribution in [0.5, 0.6) is 0 Å². The summed E-state index contributed by atoms with van der Waals surface area (Å²) >= 11 is 0. The van der Waals surface area contributed by atoms with Crippen LogP contribution in [0.2, 0.25) is 0 Å². The number of esters is 2. The van der Waals surface area contributed by atoms with Gasteiger partial charge in [-0.2, -0.15) is 0 Å². The lowest BCUT2D eigenvalue weighted by Crippen LogP contribution is -2.29. The minimum atomic E-state index is -4.61. The van der Waals surface area contributed by atoms with E-state index in [4.69, 9.17) is 19.1 Å². The van der Waals surface area contributed by atoms with E-state index < -0.39 is 51.8 Å². The number of hydrogen-bond acceptors (Lipinski definition) is 9. The Labute approximate surface area is 278 Å². The van der Waals surface area contributed by atoms with Crippen LogP contribution in [0.1, 0.15) is 149 Å². The third-order valence-corrected chi connectivity index (χ3v) is 8.31. The topological polar surface area (TPSA) is 149 Å². The SMILES string of the molecule is CCCCCCCC/C=C/C/C=C/CCCCC(=O)O[C@H](COC(=O)CCCCCCCCCC)COP(=O)(O)OC[C@@H](O)CO. The fourth-order valence-corrected chi connectivity index (χ4v) is 5.34. The first-order valence-corrected chi connectivity index (χ1v) is 19.3. The summed E-state index contributed by atoms with van der Waals surface area (Å²) in [7, 11) is -4.61. The van der Waals surface area contributed by atoms with Crippen molar-refractivity contribution in [1.29, 1.82) is 0 Å². The molecule has 0 fully saturated rings. The molecule has 1 unspecified atom stereocenters. The summed E-state index contributed by atoms with van der Waals surface area (Å²) in [5.74, 6) is -0.968. The van der Waals surface area contributed by atoms with Crippen LogP contribution in [0.15, 0.2) is 24.3 Å². The first-order chi connectivity index (χ1) is 22.2. The molecule has 10 nitrogen and oxygen atoms in total. The predicted molar refractivity (Wildman–Crippen MR) is 182 cm³/mol. The summed E-state index contributed by atoms with van der Waals surface area (Å²) in [5, 5.41) is 18.2. The Hall–Kier alpha value is -1.55. The van der Waals surface area contributed by atoms with Gasteiger partial charge >= 0.3 is 19.8 Å². The smallest absolute Gasteiger partial charge is 0.462 e. The molecule has 3 atom stereocenters. The van der Waals surface area contributed by atoms with Gasteiger partial charge in [0.1, 0.15) is 12.7 Å². The second kappa shape index (κ2) is 32.0. The van der Waals surface area contributed by atoms with Crippen molar-refractivity contribution >= 4 is 19.8 Å². The number of carbonyl (C=O) groups is 2. The van der Waals surface area contributed by atoms with Crippen LogP contribution in [0.3, 0.4) is 0 Å². The van der Waals surface area contributed by atoms with Crippen LogP contribution in [-0.4, -0.2) is 65.7 Å². The number of allylic oxidation sites excluding steroid dienone is 4. The molecule has 0 bridgehead atoms. The largest absolute Gasteiger partial charge is 0.472 e. The maximum Gasteiger partial charge on any atom is 0.472 e. The fourth-order valence-electron chi connectivity index (χ4n) is 4.55. The Morgan fingerprint density at radius 1 is 0.652 bits per heavy atom. The van der Waals surface area contributed by atoms with Crippen molar-refractivity contribution in [3.05, 3.63) is 24.3 Å². The van der Waals surface area contributed by atoms with Crippen molar-refractivity contribution in [3.8, 4) is 0 Å². The van der Waals surface area contributed by atoms with Gasteiger partial charge in [0.25, 0.3) is 0 Å². The second-order valence-electron chi connectivity index (χ2n) is 11.9. The molecule has 0 aliphatic rings. The third kappa shape index (κ3) is 31.1. The number of rotatable bonds is 33. The van der Waals surface area contributed by atoms with Crippen LogP contribution in [0, 0.1) is 0 Å². The van der Waals surface area contributed by atoms with Gasteiger partial charge in [-0.15, -0.1) is 0 Å². The lowest BCUT2D eigenvalue weighted by molar-refractivity contribution is -0.161. The van der Waals surface area contributed by atoms with Gasteiger partial charge in [0.15, 0.2) is 6.10 Å². The predicted octanol–water partition coefficient (Wildman–Crippen LogP) is 8.27. The van der Waals surface area contributed by atoms with E-state index in [1.807, 2.05) is 0 Å². The highest BCUT2D eigenvalue weighted by atomic mass is 31.2. The Bertz CT molecular complexity index is 832. The second-order valence-corrected chi connectivity index (χ2v) is 13.4. The first-order valence-electron chi connectivity index (χ1n) is 17.8. The summed E-state index contributed by atoms with van der Waals surface area (Å²) in [4.78, 5) is 34.6. The molecule has 11 heteroatoms. The van der Waals surface area contributed by atoms with Crippen molar-refractivity contribution in [2.75, 3.05) is 26.4 Å². The summed E-state index contributed by atoms with van der Waals surface area (Å²) in [6.07, 6.45) is 27.4. The van der Waals surface area contributed by atoms with Gasteiger partial charge in [-0.25, -0.2) is 4.57 Å². The molecule has 0 heterocycles. The van der Waals surface area contributed by atoms with Crippen molar-refractivity contribution in [2.24, 2.45) is 0 Å². The summed E-state index contributed by atoms with van der Waals surface area (Å²) in [6, 6.07) is 0. The molecule has 0 saturated carbocycles. The highest BCUT2D eigenvalue weighted by Crippen LogP contribution is 2.43. The van der Waals surface area contributed by atoms with E-state index in [1.54, 1.807) is 0 Å². The van der Waals surface area contributed by atoms with E-state index in [9.17, 15) is 24.2 Å². The number of phosphoric ester groups is 1. The van der Waals surface area contributed by atoms with Crippen LogP contribution in [0.4, 0.5) is 0 Å². The quantitative estimate of drug-likeness (QED) is 0.0268. The lowest BCUT2D eigenvalue weighted by atomic mass is 10.1. The molecule has 270 valence electrons. The average molecular weight is 677 g/mol. The van der Waals surface area contributed by atoms with Gasteiger partial charge in [-0.05, 0) is 44.9 Å². The number of ether oxygens (including phenoxy) is 2. The fraction of sp³-hybridized carbons (Fsp3) is 0.829. The molecule has 0 saturated heterocycles. The molecule has 0 aromatic rings. The van der Waals surface area contributed by atoms with Gasteiger partial charge in [-0.3, -0.25) is 18.6 Å². The number of unbranched alkanes of at least 4 members (excludes halogenated alkanes) is 15. The summed E-state index contributed by atoms with van der Waals surface area (Å²) in [5.41, 5.74) is 0. The molecule has 0 aliphatic carbocycles. The van der Waals surface area contributed by atoms with E-state index >= 15 is 0 Å². The van der Waals surface area contributed by atoms with Crippen LogP contribution >= 0.6 is 7.82 Å². The molecule has 46 heavy (non-hydrogen) atoms. The standard InChI is InChI=1S/C35H65O10P/c1-3-5-7-9-11-13-14-15-16-17-18-19-21-23-25-27-35(39)45-33(31-44-46(40,41)43-29-32(37)28-36)30-42-34(38)26-24-22-20-12-10-8-6-4-2/h15-16,18-19,32-33,36-37H,3-14,17,20-31H2,1-2H3,(H,40,41)/b16-15+,19-18+/t32-,33+/m0/s1. The lowest BCUT2D eigenvalue weighted by Gasteiger charge is -2.20. The van der Waals surface area contributed by atoms with Crippen LogP contribution in [-0.2, 0) is 32.7 Å². The molecule has 0 rings (SSSR count). The third-order valence-electron chi connectivity index (χ3n) is 7.36. The number of aliphatic hydroxyl groups is 2. The zero-order valence-corrected chi connectivity index (χ0v) is 29.7. The Kier molecular flexibility index (Phi) is 30.9. The Balaban J connectivity index is 4.45. The molecule has 0 aromatic carbocycles. The number of aliphatic hydroxyl groups excluding tert-OH is 2. The van der Waals surface area contributed by atoms with Gasteiger partial charge in [0.2, 0.25) is 0 Å². The molecule has 0 radical (unpaired) electrons. The Morgan fingerprint density at radius 3 is 1.72 bits per heavy atom. The van der Waals surface area contributed by atoms with Crippen LogP contribution < -0.4 is 0 Å². The monoisotopic (exact) mass is 676 g/mol. The maximum absolute atomic E-state index is 12.5. The molecule has 0 spiro atoms. The molecule has 0 aliphatic heterocycles. The molecule has 0 aromatic heterocycles. The van der Waals surface area contributed by atoms with Crippen molar-refractivity contribution in [3.63, 3.8) is 0 Å². The number of hydrogen-bond donors (Lipinski definition) is 3. The first kappa shape index (κ1) is 44.5. The number of phosphoric acid groups is 1. The van der Waals surface area contributed by atoms with Gasteiger partial charge in [-0.1, -0.05) is 115 Å². The van der Waals surface area contributed by atoms with E-state index in [2.05, 4.69) is 42.7 Å². The zero-order valence-electron chi connectivity index (χ0n) is 28.8. The van der Waals surface area contributed by atoms with Crippen molar-refractivity contribution < 1.29 is 47.8 Å². The minimum Gasteiger partial charge on any atom is -0.462 e. The summed E-state index contributed by atoms with van der Waals surface area (Å²) in [6.45, 7) is 2.27. The summed E-state index contributed by atoms with van der Waals surface area (Å²) < 4.78 is 32.4. The van der Waals surface area contributed by atoms with E-state index in [0.29, 0.717) is 12.8 Å².